The quantitative estimate of drug-likeness (QED) is 0.728. The average molecular weight is 197 g/mol. The molecular formula is C11H19NS. The van der Waals surface area contributed by atoms with Gasteiger partial charge < -0.3 is 5.32 Å². The van der Waals surface area contributed by atoms with Crippen LogP contribution in [-0.4, -0.2) is 23.6 Å². The summed E-state index contributed by atoms with van der Waals surface area (Å²) in [7, 11) is 0. The van der Waals surface area contributed by atoms with Crippen LogP contribution in [0, 0.1) is 17.8 Å². The van der Waals surface area contributed by atoms with Gasteiger partial charge in [-0.3, -0.25) is 0 Å². The number of hydrogen-bond donors (Lipinski definition) is 1. The minimum Gasteiger partial charge on any atom is -0.310 e. The fourth-order valence-electron chi connectivity index (χ4n) is 3.06. The van der Waals surface area contributed by atoms with Crippen LogP contribution in [0.25, 0.3) is 0 Å². The van der Waals surface area contributed by atoms with Gasteiger partial charge in [-0.15, -0.1) is 0 Å². The van der Waals surface area contributed by atoms with Crippen molar-refractivity contribution in [1.82, 2.24) is 5.32 Å². The third-order valence-electron chi connectivity index (χ3n) is 4.14. The predicted molar refractivity (Wildman–Crippen MR) is 58.0 cm³/mol. The molecule has 0 radical (unpaired) electrons. The highest BCUT2D eigenvalue weighted by atomic mass is 32.2. The van der Waals surface area contributed by atoms with E-state index in [0.29, 0.717) is 0 Å². The van der Waals surface area contributed by atoms with Crippen molar-refractivity contribution >= 4 is 11.8 Å². The first-order valence-corrected chi connectivity index (χ1v) is 6.84. The van der Waals surface area contributed by atoms with E-state index in [9.17, 15) is 0 Å². The maximum Gasteiger partial charge on any atom is 0.0194 e. The second-order valence-electron chi connectivity index (χ2n) is 5.13. The third kappa shape index (κ3) is 1.52. The minimum absolute atomic E-state index is 0.828. The third-order valence-corrected chi connectivity index (χ3v) is 5.49. The molecule has 3 aliphatic rings. The Kier molecular flexibility index (Phi) is 2.09. The van der Waals surface area contributed by atoms with Gasteiger partial charge in [0.25, 0.3) is 0 Å². The lowest BCUT2D eigenvalue weighted by Crippen LogP contribution is -2.41. The van der Waals surface area contributed by atoms with Crippen LogP contribution >= 0.6 is 11.8 Å². The van der Waals surface area contributed by atoms with Crippen molar-refractivity contribution in [1.29, 1.82) is 0 Å². The largest absolute Gasteiger partial charge is 0.310 e. The lowest BCUT2D eigenvalue weighted by molar-refractivity contribution is 0.371. The van der Waals surface area contributed by atoms with Gasteiger partial charge in [0.2, 0.25) is 0 Å². The van der Waals surface area contributed by atoms with Crippen LogP contribution < -0.4 is 5.32 Å². The summed E-state index contributed by atoms with van der Waals surface area (Å²) in [5.41, 5.74) is 0. The number of nitrogens with one attached hydrogen (secondary N) is 1. The summed E-state index contributed by atoms with van der Waals surface area (Å²) in [6.07, 6.45) is 4.51. The van der Waals surface area contributed by atoms with Crippen molar-refractivity contribution in [3.05, 3.63) is 0 Å². The second kappa shape index (κ2) is 3.16. The summed E-state index contributed by atoms with van der Waals surface area (Å²) in [5.74, 6) is 5.84. The Morgan fingerprint density at radius 2 is 2.08 bits per heavy atom. The Hall–Kier alpha value is 0.310. The Labute approximate surface area is 85.0 Å². The SMILES string of the molecule is CC1CSCC1NC1CCC2CC21. The molecule has 1 heterocycles. The van der Waals surface area contributed by atoms with Crippen molar-refractivity contribution < 1.29 is 0 Å². The maximum absolute atomic E-state index is 3.90. The van der Waals surface area contributed by atoms with Crippen LogP contribution in [0.5, 0.6) is 0 Å². The van der Waals surface area contributed by atoms with Crippen LogP contribution in [0.1, 0.15) is 26.2 Å². The van der Waals surface area contributed by atoms with Crippen molar-refractivity contribution in [2.45, 2.75) is 38.3 Å². The van der Waals surface area contributed by atoms with E-state index in [0.717, 1.165) is 29.8 Å². The molecule has 0 bridgehead atoms. The fraction of sp³-hybridized carbons (Fsp3) is 1.00. The van der Waals surface area contributed by atoms with Gasteiger partial charge in [-0.05, 0) is 42.8 Å². The standard InChI is InChI=1S/C11H19NS/c1-7-5-13-6-11(7)12-10-3-2-8-4-9(8)10/h7-12H,2-6H2,1H3. The molecule has 74 valence electrons. The van der Waals surface area contributed by atoms with Crippen molar-refractivity contribution in [2.75, 3.05) is 11.5 Å². The highest BCUT2D eigenvalue weighted by Crippen LogP contribution is 2.52. The molecular weight excluding hydrogens is 178 g/mol. The monoisotopic (exact) mass is 197 g/mol. The molecule has 3 rings (SSSR count). The predicted octanol–water partition coefficient (Wildman–Crippen LogP) is 2.13. The van der Waals surface area contributed by atoms with E-state index in [4.69, 9.17) is 0 Å². The Bertz CT molecular complexity index is 200. The zero-order chi connectivity index (χ0) is 8.84. The van der Waals surface area contributed by atoms with E-state index in [1.165, 1.54) is 30.8 Å². The lowest BCUT2D eigenvalue weighted by Gasteiger charge is -2.22. The summed E-state index contributed by atoms with van der Waals surface area (Å²) in [4.78, 5) is 0. The highest BCUT2D eigenvalue weighted by molar-refractivity contribution is 7.99. The molecule has 0 aromatic heterocycles. The zero-order valence-corrected chi connectivity index (χ0v) is 9.15. The molecule has 0 spiro atoms. The van der Waals surface area contributed by atoms with Gasteiger partial charge in [-0.2, -0.15) is 11.8 Å². The molecule has 2 saturated carbocycles. The van der Waals surface area contributed by atoms with Crippen molar-refractivity contribution in [3.8, 4) is 0 Å². The first-order chi connectivity index (χ1) is 6.34. The minimum atomic E-state index is 0.828. The van der Waals surface area contributed by atoms with E-state index in [1.54, 1.807) is 0 Å². The van der Waals surface area contributed by atoms with Crippen LogP contribution in [0.4, 0.5) is 0 Å². The Morgan fingerprint density at radius 1 is 1.15 bits per heavy atom. The number of hydrogen-bond acceptors (Lipinski definition) is 2. The van der Waals surface area contributed by atoms with Gasteiger partial charge in [0.15, 0.2) is 0 Å². The summed E-state index contributed by atoms with van der Waals surface area (Å²) >= 11 is 2.13. The van der Waals surface area contributed by atoms with E-state index in [2.05, 4.69) is 24.0 Å². The summed E-state index contributed by atoms with van der Waals surface area (Å²) in [6, 6.07) is 1.73. The summed E-state index contributed by atoms with van der Waals surface area (Å²) < 4.78 is 0. The first kappa shape index (κ1) is 8.60. The van der Waals surface area contributed by atoms with Gasteiger partial charge in [-0.25, -0.2) is 0 Å². The molecule has 1 aliphatic heterocycles. The van der Waals surface area contributed by atoms with Crippen LogP contribution in [0.15, 0.2) is 0 Å². The van der Waals surface area contributed by atoms with Gasteiger partial charge in [0.05, 0.1) is 0 Å². The van der Waals surface area contributed by atoms with Gasteiger partial charge in [0, 0.05) is 17.8 Å². The molecule has 5 atom stereocenters. The molecule has 1 N–H and O–H groups in total. The van der Waals surface area contributed by atoms with E-state index < -0.39 is 0 Å². The van der Waals surface area contributed by atoms with Gasteiger partial charge >= 0.3 is 0 Å². The highest BCUT2D eigenvalue weighted by Gasteiger charge is 2.48. The molecule has 2 aliphatic carbocycles. The van der Waals surface area contributed by atoms with Crippen molar-refractivity contribution in [3.63, 3.8) is 0 Å². The Morgan fingerprint density at radius 3 is 2.62 bits per heavy atom. The van der Waals surface area contributed by atoms with Gasteiger partial charge in [0.1, 0.15) is 0 Å². The topological polar surface area (TPSA) is 12.0 Å². The molecule has 5 unspecified atom stereocenters. The molecule has 1 saturated heterocycles. The van der Waals surface area contributed by atoms with Crippen LogP contribution in [0.2, 0.25) is 0 Å². The molecule has 0 amide bonds. The van der Waals surface area contributed by atoms with Crippen molar-refractivity contribution in [2.24, 2.45) is 17.8 Å². The van der Waals surface area contributed by atoms with Crippen LogP contribution in [-0.2, 0) is 0 Å². The second-order valence-corrected chi connectivity index (χ2v) is 6.21. The molecule has 0 aromatic carbocycles. The van der Waals surface area contributed by atoms with E-state index >= 15 is 0 Å². The number of fused-ring (bicyclic) bond motifs is 1. The summed E-state index contributed by atoms with van der Waals surface area (Å²) in [6.45, 7) is 2.40. The van der Waals surface area contributed by atoms with Gasteiger partial charge in [-0.1, -0.05) is 6.92 Å². The molecule has 3 fully saturated rings. The molecule has 0 aromatic rings. The maximum atomic E-state index is 3.90. The van der Waals surface area contributed by atoms with Crippen LogP contribution in [0.3, 0.4) is 0 Å². The number of thioether (sulfide) groups is 1. The molecule has 2 heteroatoms. The average Bonchev–Trinajstić information content (AvgIpc) is 2.65. The number of rotatable bonds is 2. The molecule has 1 nitrogen and oxygen atoms in total. The first-order valence-electron chi connectivity index (χ1n) is 5.68. The normalized spacial score (nSPS) is 53.8. The van der Waals surface area contributed by atoms with E-state index in [1.807, 2.05) is 0 Å². The van der Waals surface area contributed by atoms with E-state index in [-0.39, 0.29) is 0 Å². The molecule has 13 heavy (non-hydrogen) atoms. The zero-order valence-electron chi connectivity index (χ0n) is 8.33. The lowest BCUT2D eigenvalue weighted by atomic mass is 10.0. The Balaban J connectivity index is 1.56. The smallest absolute Gasteiger partial charge is 0.0194 e. The summed E-state index contributed by atoms with van der Waals surface area (Å²) in [5, 5.41) is 3.90. The fourth-order valence-corrected chi connectivity index (χ4v) is 4.48.